The van der Waals surface area contributed by atoms with Gasteiger partial charge in [-0.1, -0.05) is 32.9 Å². The van der Waals surface area contributed by atoms with Crippen molar-refractivity contribution < 1.29 is 4.79 Å². The third-order valence-electron chi connectivity index (χ3n) is 6.17. The van der Waals surface area contributed by atoms with Gasteiger partial charge >= 0.3 is 0 Å². The standard InChI is InChI=1S/C20H30N2OS/c1-19(2)9-16-10-20(3,12-19)13-22(16)18(23)15-8-17(24-11-15)14-4-6-21-7-5-14/h4,8,15-16,21H,5-7,9-13H2,1-3H3. The first kappa shape index (κ1) is 16.7. The molecule has 24 heavy (non-hydrogen) atoms. The lowest BCUT2D eigenvalue weighted by molar-refractivity contribution is -0.134. The number of rotatable bonds is 2. The highest BCUT2D eigenvalue weighted by Gasteiger charge is 2.51. The number of hydrogen-bond donors (Lipinski definition) is 1. The van der Waals surface area contributed by atoms with Crippen LogP contribution in [-0.2, 0) is 4.79 Å². The Labute approximate surface area is 150 Å². The summed E-state index contributed by atoms with van der Waals surface area (Å²) in [6.45, 7) is 10.1. The fourth-order valence-corrected chi connectivity index (χ4v) is 6.81. The number of likely N-dealkylation sites (tertiary alicyclic amines) is 1. The summed E-state index contributed by atoms with van der Waals surface area (Å²) in [5.41, 5.74) is 2.15. The number of allylic oxidation sites excluding steroid dienone is 1. The summed E-state index contributed by atoms with van der Waals surface area (Å²) in [7, 11) is 0. The molecule has 0 radical (unpaired) electrons. The van der Waals surface area contributed by atoms with E-state index >= 15 is 0 Å². The van der Waals surface area contributed by atoms with Crippen LogP contribution < -0.4 is 5.32 Å². The molecule has 0 aromatic carbocycles. The van der Waals surface area contributed by atoms with Crippen LogP contribution in [0.15, 0.2) is 22.6 Å². The second-order valence-electron chi connectivity index (χ2n) is 9.31. The van der Waals surface area contributed by atoms with Crippen molar-refractivity contribution in [3.05, 3.63) is 22.6 Å². The largest absolute Gasteiger partial charge is 0.339 e. The van der Waals surface area contributed by atoms with E-state index in [1.807, 2.05) is 11.8 Å². The van der Waals surface area contributed by atoms with Gasteiger partial charge in [0.15, 0.2) is 0 Å². The maximum atomic E-state index is 13.2. The lowest BCUT2D eigenvalue weighted by Gasteiger charge is -2.39. The normalized spacial score (nSPS) is 38.0. The van der Waals surface area contributed by atoms with Crippen molar-refractivity contribution in [3.8, 4) is 0 Å². The second-order valence-corrected chi connectivity index (χ2v) is 10.4. The number of amides is 1. The number of hydrogen-bond acceptors (Lipinski definition) is 3. The summed E-state index contributed by atoms with van der Waals surface area (Å²) in [5, 5.41) is 3.37. The Bertz CT molecular complexity index is 609. The van der Waals surface area contributed by atoms with Crippen molar-refractivity contribution in [2.75, 3.05) is 25.4 Å². The van der Waals surface area contributed by atoms with E-state index in [1.54, 1.807) is 0 Å². The van der Waals surface area contributed by atoms with Gasteiger partial charge in [0.05, 0.1) is 5.92 Å². The van der Waals surface area contributed by atoms with Crippen LogP contribution in [0.2, 0.25) is 0 Å². The van der Waals surface area contributed by atoms with Crippen molar-refractivity contribution in [2.45, 2.75) is 52.5 Å². The number of carbonyl (C=O) groups excluding carboxylic acids is 1. The quantitative estimate of drug-likeness (QED) is 0.829. The SMILES string of the molecule is CC1(C)CC2CC(C)(CN2C(=O)C2C=C(C3=CCNCC3)SC2)C1. The van der Waals surface area contributed by atoms with E-state index in [0.29, 0.717) is 22.8 Å². The average molecular weight is 347 g/mol. The summed E-state index contributed by atoms with van der Waals surface area (Å²) >= 11 is 1.89. The first-order valence-corrected chi connectivity index (χ1v) is 10.4. The summed E-state index contributed by atoms with van der Waals surface area (Å²) in [6.07, 6.45) is 9.28. The van der Waals surface area contributed by atoms with E-state index in [2.05, 4.69) is 43.1 Å². The van der Waals surface area contributed by atoms with Gasteiger partial charge in [-0.15, -0.1) is 11.8 Å². The van der Waals surface area contributed by atoms with Crippen molar-refractivity contribution in [1.29, 1.82) is 0 Å². The van der Waals surface area contributed by atoms with Crippen molar-refractivity contribution in [2.24, 2.45) is 16.7 Å². The van der Waals surface area contributed by atoms with Gasteiger partial charge in [0, 0.05) is 29.8 Å². The predicted molar refractivity (Wildman–Crippen MR) is 101 cm³/mol. The fourth-order valence-electron chi connectivity index (χ4n) is 5.58. The molecule has 3 aliphatic heterocycles. The molecular weight excluding hydrogens is 316 g/mol. The van der Waals surface area contributed by atoms with Crippen LogP contribution in [-0.4, -0.2) is 42.2 Å². The molecule has 1 saturated carbocycles. The molecule has 4 aliphatic rings. The highest BCUT2D eigenvalue weighted by atomic mass is 32.2. The fraction of sp³-hybridized carbons (Fsp3) is 0.750. The maximum Gasteiger partial charge on any atom is 0.230 e. The summed E-state index contributed by atoms with van der Waals surface area (Å²) in [4.78, 5) is 16.8. The van der Waals surface area contributed by atoms with E-state index in [9.17, 15) is 4.79 Å². The number of nitrogens with zero attached hydrogens (tertiary/aromatic N) is 1. The first-order valence-electron chi connectivity index (χ1n) is 9.41. The Morgan fingerprint density at radius 2 is 2.17 bits per heavy atom. The van der Waals surface area contributed by atoms with Crippen LogP contribution in [0, 0.1) is 16.7 Å². The zero-order valence-corrected chi connectivity index (χ0v) is 16.0. The van der Waals surface area contributed by atoms with Crippen molar-refractivity contribution in [3.63, 3.8) is 0 Å². The lowest BCUT2D eigenvalue weighted by atomic mass is 9.65. The average Bonchev–Trinajstić information content (AvgIpc) is 3.09. The Morgan fingerprint density at radius 3 is 2.92 bits per heavy atom. The van der Waals surface area contributed by atoms with Crippen molar-refractivity contribution in [1.82, 2.24) is 10.2 Å². The molecule has 1 aliphatic carbocycles. The van der Waals surface area contributed by atoms with Crippen LogP contribution in [0.1, 0.15) is 46.5 Å². The minimum Gasteiger partial charge on any atom is -0.339 e. The molecule has 0 aromatic rings. The van der Waals surface area contributed by atoms with Crippen LogP contribution in [0.4, 0.5) is 0 Å². The topological polar surface area (TPSA) is 32.3 Å². The Balaban J connectivity index is 1.49. The molecule has 0 aromatic heterocycles. The van der Waals surface area contributed by atoms with Gasteiger partial charge in [0.25, 0.3) is 0 Å². The molecule has 1 amide bonds. The Hall–Kier alpha value is -0.740. The number of carbonyl (C=O) groups is 1. The maximum absolute atomic E-state index is 13.2. The first-order chi connectivity index (χ1) is 11.4. The smallest absolute Gasteiger partial charge is 0.230 e. The molecule has 4 heteroatoms. The molecule has 4 rings (SSSR count). The zero-order valence-electron chi connectivity index (χ0n) is 15.2. The monoisotopic (exact) mass is 346 g/mol. The minimum atomic E-state index is 0.0897. The molecule has 2 fully saturated rings. The van der Waals surface area contributed by atoms with Gasteiger partial charge in [0.1, 0.15) is 0 Å². The molecule has 132 valence electrons. The Morgan fingerprint density at radius 1 is 1.33 bits per heavy atom. The minimum absolute atomic E-state index is 0.0897. The van der Waals surface area contributed by atoms with Crippen LogP contribution in [0.5, 0.6) is 0 Å². The molecule has 3 heterocycles. The lowest BCUT2D eigenvalue weighted by Crippen LogP contribution is -2.40. The van der Waals surface area contributed by atoms with E-state index in [-0.39, 0.29) is 5.92 Å². The van der Waals surface area contributed by atoms with Gasteiger partial charge < -0.3 is 10.2 Å². The van der Waals surface area contributed by atoms with Gasteiger partial charge in [-0.25, -0.2) is 0 Å². The van der Waals surface area contributed by atoms with Crippen LogP contribution >= 0.6 is 11.8 Å². The molecular formula is C20H30N2OS. The van der Waals surface area contributed by atoms with Crippen LogP contribution in [0.3, 0.4) is 0 Å². The number of fused-ring (bicyclic) bond motifs is 2. The molecule has 2 bridgehead atoms. The summed E-state index contributed by atoms with van der Waals surface area (Å²) in [6, 6.07) is 0.465. The predicted octanol–water partition coefficient (Wildman–Crippen LogP) is 3.58. The van der Waals surface area contributed by atoms with E-state index in [4.69, 9.17) is 0 Å². The Kier molecular flexibility index (Phi) is 4.12. The zero-order chi connectivity index (χ0) is 16.9. The summed E-state index contributed by atoms with van der Waals surface area (Å²) < 4.78 is 0. The molecule has 1 saturated heterocycles. The van der Waals surface area contributed by atoms with Gasteiger partial charge in [0.2, 0.25) is 5.91 Å². The number of thioether (sulfide) groups is 1. The number of nitrogens with one attached hydrogen (secondary N) is 1. The highest BCUT2D eigenvalue weighted by Crippen LogP contribution is 2.53. The second kappa shape index (κ2) is 5.91. The van der Waals surface area contributed by atoms with E-state index < -0.39 is 0 Å². The molecule has 3 nitrogen and oxygen atoms in total. The highest BCUT2D eigenvalue weighted by molar-refractivity contribution is 8.03. The molecule has 0 spiro atoms. The van der Waals surface area contributed by atoms with E-state index in [1.165, 1.54) is 29.7 Å². The third kappa shape index (κ3) is 3.08. The summed E-state index contributed by atoms with van der Waals surface area (Å²) in [5.74, 6) is 1.41. The molecule has 1 N–H and O–H groups in total. The molecule has 3 atom stereocenters. The van der Waals surface area contributed by atoms with Gasteiger partial charge in [-0.3, -0.25) is 4.79 Å². The third-order valence-corrected chi connectivity index (χ3v) is 7.40. The van der Waals surface area contributed by atoms with Crippen LogP contribution in [0.25, 0.3) is 0 Å². The van der Waals surface area contributed by atoms with Gasteiger partial charge in [-0.2, -0.15) is 0 Å². The van der Waals surface area contributed by atoms with E-state index in [0.717, 1.165) is 31.8 Å². The van der Waals surface area contributed by atoms with Crippen molar-refractivity contribution >= 4 is 17.7 Å². The van der Waals surface area contributed by atoms with Gasteiger partial charge in [-0.05, 0) is 48.6 Å². The molecule has 3 unspecified atom stereocenters.